The number of piperidine rings is 1. The van der Waals surface area contributed by atoms with Crippen LogP contribution in [-0.4, -0.2) is 52.5 Å². The van der Waals surface area contributed by atoms with E-state index in [0.29, 0.717) is 18.6 Å². The van der Waals surface area contributed by atoms with E-state index >= 15 is 0 Å². The van der Waals surface area contributed by atoms with Crippen LogP contribution in [0.4, 0.5) is 0 Å². The summed E-state index contributed by atoms with van der Waals surface area (Å²) in [7, 11) is 1.82. The van der Waals surface area contributed by atoms with Gasteiger partial charge in [-0.1, -0.05) is 6.07 Å². The summed E-state index contributed by atoms with van der Waals surface area (Å²) in [5, 5.41) is 6.92. The molecule has 2 aromatic heterocycles. The lowest BCUT2D eigenvalue weighted by Crippen LogP contribution is -2.49. The summed E-state index contributed by atoms with van der Waals surface area (Å²) in [6.45, 7) is 7.51. The third-order valence-corrected chi connectivity index (χ3v) is 4.68. The van der Waals surface area contributed by atoms with Gasteiger partial charge in [0.15, 0.2) is 5.96 Å². The van der Waals surface area contributed by atoms with E-state index in [4.69, 9.17) is 0 Å². The number of imidazole rings is 1. The first-order chi connectivity index (χ1) is 11.7. The van der Waals surface area contributed by atoms with E-state index in [-0.39, 0.29) is 24.0 Å². The zero-order valence-corrected chi connectivity index (χ0v) is 17.6. The predicted molar refractivity (Wildman–Crippen MR) is 114 cm³/mol. The number of pyridine rings is 1. The minimum Gasteiger partial charge on any atom is -0.354 e. The normalized spacial score (nSPS) is 16.9. The molecule has 2 aromatic rings. The molecule has 0 aromatic carbocycles. The van der Waals surface area contributed by atoms with Gasteiger partial charge in [-0.05, 0) is 38.8 Å². The standard InChI is InChI=1S/C18H28N6.HI/c1-14(2)23-10-7-15(8-11-23)22-18(19-3)20-12-16-13-24-9-5-4-6-17(24)21-16;/h4-6,9,13-15H,7-8,10-12H2,1-3H3,(H2,19,20,22);1H. The van der Waals surface area contributed by atoms with Gasteiger partial charge in [-0.25, -0.2) is 4.98 Å². The number of hydrogen-bond donors (Lipinski definition) is 2. The Labute approximate surface area is 167 Å². The summed E-state index contributed by atoms with van der Waals surface area (Å²) in [6.07, 6.45) is 6.39. The highest BCUT2D eigenvalue weighted by molar-refractivity contribution is 14.0. The largest absolute Gasteiger partial charge is 0.354 e. The number of aliphatic imine (C=N–C) groups is 1. The summed E-state index contributed by atoms with van der Waals surface area (Å²) in [6, 6.07) is 7.16. The molecular formula is C18H29IN6. The lowest BCUT2D eigenvalue weighted by Gasteiger charge is -2.35. The minimum absolute atomic E-state index is 0. The molecule has 0 spiro atoms. The molecule has 0 amide bonds. The third-order valence-electron chi connectivity index (χ3n) is 4.68. The highest BCUT2D eigenvalue weighted by Gasteiger charge is 2.21. The van der Waals surface area contributed by atoms with Crippen LogP contribution in [0.1, 0.15) is 32.4 Å². The molecule has 6 nitrogen and oxygen atoms in total. The van der Waals surface area contributed by atoms with Gasteiger partial charge in [0.2, 0.25) is 0 Å². The molecule has 0 bridgehead atoms. The molecule has 7 heteroatoms. The molecule has 25 heavy (non-hydrogen) atoms. The van der Waals surface area contributed by atoms with Gasteiger partial charge < -0.3 is 19.9 Å². The van der Waals surface area contributed by atoms with Gasteiger partial charge in [0.1, 0.15) is 5.65 Å². The molecule has 1 aliphatic rings. The molecule has 0 saturated carbocycles. The second kappa shape index (κ2) is 9.38. The monoisotopic (exact) mass is 456 g/mol. The molecular weight excluding hydrogens is 427 g/mol. The molecule has 1 aliphatic heterocycles. The first-order valence-electron chi connectivity index (χ1n) is 8.79. The summed E-state index contributed by atoms with van der Waals surface area (Å²) in [4.78, 5) is 11.5. The van der Waals surface area contributed by atoms with Crippen molar-refractivity contribution in [3.8, 4) is 0 Å². The Balaban J connectivity index is 0.00000225. The molecule has 0 atom stereocenters. The van der Waals surface area contributed by atoms with E-state index in [9.17, 15) is 0 Å². The van der Waals surface area contributed by atoms with E-state index < -0.39 is 0 Å². The van der Waals surface area contributed by atoms with Crippen LogP contribution in [0.5, 0.6) is 0 Å². The second-order valence-electron chi connectivity index (χ2n) is 6.67. The van der Waals surface area contributed by atoms with Crippen LogP contribution < -0.4 is 10.6 Å². The smallest absolute Gasteiger partial charge is 0.191 e. The van der Waals surface area contributed by atoms with Crippen LogP contribution in [0.2, 0.25) is 0 Å². The summed E-state index contributed by atoms with van der Waals surface area (Å²) in [5.41, 5.74) is 1.98. The highest BCUT2D eigenvalue weighted by Crippen LogP contribution is 2.12. The Morgan fingerprint density at radius 3 is 2.72 bits per heavy atom. The van der Waals surface area contributed by atoms with Gasteiger partial charge in [0.05, 0.1) is 12.2 Å². The Kier molecular flexibility index (Phi) is 7.49. The van der Waals surface area contributed by atoms with Crippen molar-refractivity contribution in [1.82, 2.24) is 24.9 Å². The number of nitrogens with one attached hydrogen (secondary N) is 2. The van der Waals surface area contributed by atoms with Crippen molar-refractivity contribution in [2.24, 2.45) is 4.99 Å². The summed E-state index contributed by atoms with van der Waals surface area (Å²) < 4.78 is 2.04. The molecule has 1 fully saturated rings. The van der Waals surface area contributed by atoms with E-state index in [1.54, 1.807) is 0 Å². The van der Waals surface area contributed by atoms with Gasteiger partial charge >= 0.3 is 0 Å². The zero-order valence-electron chi connectivity index (χ0n) is 15.3. The van der Waals surface area contributed by atoms with Crippen molar-refractivity contribution < 1.29 is 0 Å². The van der Waals surface area contributed by atoms with Crippen LogP contribution in [0.15, 0.2) is 35.6 Å². The number of aromatic nitrogens is 2. The van der Waals surface area contributed by atoms with Crippen molar-refractivity contribution >= 4 is 35.6 Å². The second-order valence-corrected chi connectivity index (χ2v) is 6.67. The van der Waals surface area contributed by atoms with Gasteiger partial charge in [-0.3, -0.25) is 4.99 Å². The van der Waals surface area contributed by atoms with E-state index in [0.717, 1.165) is 43.2 Å². The van der Waals surface area contributed by atoms with E-state index in [1.807, 2.05) is 35.8 Å². The maximum absolute atomic E-state index is 4.61. The molecule has 138 valence electrons. The van der Waals surface area contributed by atoms with Crippen molar-refractivity contribution in [1.29, 1.82) is 0 Å². The van der Waals surface area contributed by atoms with Gasteiger partial charge in [0, 0.05) is 44.6 Å². The number of guanidine groups is 1. The quantitative estimate of drug-likeness (QED) is 0.422. The van der Waals surface area contributed by atoms with Crippen LogP contribution >= 0.6 is 24.0 Å². The molecule has 0 radical (unpaired) electrons. The number of halogens is 1. The van der Waals surface area contributed by atoms with Gasteiger partial charge in [-0.15, -0.1) is 24.0 Å². The fourth-order valence-corrected chi connectivity index (χ4v) is 3.19. The number of fused-ring (bicyclic) bond motifs is 1. The topological polar surface area (TPSA) is 57.0 Å². The number of nitrogens with zero attached hydrogens (tertiary/aromatic N) is 4. The first-order valence-corrected chi connectivity index (χ1v) is 8.79. The van der Waals surface area contributed by atoms with Gasteiger partial charge in [0.25, 0.3) is 0 Å². The van der Waals surface area contributed by atoms with Crippen molar-refractivity contribution in [3.63, 3.8) is 0 Å². The molecule has 1 saturated heterocycles. The van der Waals surface area contributed by atoms with Crippen LogP contribution in [0, 0.1) is 0 Å². The van der Waals surface area contributed by atoms with E-state index in [1.165, 1.54) is 0 Å². The third kappa shape index (κ3) is 5.31. The molecule has 0 aliphatic carbocycles. The van der Waals surface area contributed by atoms with Crippen LogP contribution in [-0.2, 0) is 6.54 Å². The van der Waals surface area contributed by atoms with Crippen LogP contribution in [0.25, 0.3) is 5.65 Å². The Morgan fingerprint density at radius 2 is 2.08 bits per heavy atom. The van der Waals surface area contributed by atoms with Crippen molar-refractivity contribution in [2.75, 3.05) is 20.1 Å². The molecule has 2 N–H and O–H groups in total. The molecule has 3 heterocycles. The fraction of sp³-hybridized carbons (Fsp3) is 0.556. The maximum Gasteiger partial charge on any atom is 0.191 e. The average Bonchev–Trinajstić information content (AvgIpc) is 3.02. The lowest BCUT2D eigenvalue weighted by molar-refractivity contribution is 0.167. The Morgan fingerprint density at radius 1 is 1.32 bits per heavy atom. The maximum atomic E-state index is 4.61. The number of hydrogen-bond acceptors (Lipinski definition) is 3. The highest BCUT2D eigenvalue weighted by atomic mass is 127. The average molecular weight is 456 g/mol. The Hall–Kier alpha value is -1.35. The van der Waals surface area contributed by atoms with E-state index in [2.05, 4.69) is 45.6 Å². The zero-order chi connectivity index (χ0) is 16.9. The van der Waals surface area contributed by atoms with Gasteiger partial charge in [-0.2, -0.15) is 0 Å². The lowest BCUT2D eigenvalue weighted by atomic mass is 10.0. The van der Waals surface area contributed by atoms with Crippen molar-refractivity contribution in [2.45, 2.75) is 45.3 Å². The summed E-state index contributed by atoms with van der Waals surface area (Å²) in [5.74, 6) is 0.857. The number of likely N-dealkylation sites (tertiary alicyclic amines) is 1. The molecule has 0 unspecified atom stereocenters. The number of rotatable bonds is 4. The minimum atomic E-state index is 0. The Bertz CT molecular complexity index is 655. The SMILES string of the molecule is CN=C(NCc1cn2ccccc2n1)NC1CCN(C(C)C)CC1.I. The first kappa shape index (κ1) is 20.0. The summed E-state index contributed by atoms with van der Waals surface area (Å²) >= 11 is 0. The predicted octanol–water partition coefficient (Wildman–Crippen LogP) is 2.49. The van der Waals surface area contributed by atoms with Crippen LogP contribution in [0.3, 0.4) is 0 Å². The van der Waals surface area contributed by atoms with Crippen molar-refractivity contribution in [3.05, 3.63) is 36.3 Å². The molecule has 3 rings (SSSR count). The fourth-order valence-electron chi connectivity index (χ4n) is 3.19.